The summed E-state index contributed by atoms with van der Waals surface area (Å²) in [6, 6.07) is 15.7. The van der Waals surface area contributed by atoms with E-state index in [0.29, 0.717) is 24.8 Å². The molecule has 0 aliphatic rings. The molecular formula is C21H30IN3O2S. The Balaban J connectivity index is 0.00000392. The second-order valence-electron chi connectivity index (χ2n) is 6.49. The van der Waals surface area contributed by atoms with Gasteiger partial charge in [0.25, 0.3) is 0 Å². The van der Waals surface area contributed by atoms with E-state index in [4.69, 9.17) is 4.74 Å². The van der Waals surface area contributed by atoms with Gasteiger partial charge in [0.05, 0.1) is 16.9 Å². The molecule has 0 aromatic heterocycles. The lowest BCUT2D eigenvalue weighted by Crippen LogP contribution is -2.38. The van der Waals surface area contributed by atoms with E-state index in [-0.39, 0.29) is 30.1 Å². The molecule has 2 rings (SSSR count). The number of nitrogens with one attached hydrogen (secondary N) is 2. The van der Waals surface area contributed by atoms with Crippen LogP contribution in [0.3, 0.4) is 0 Å². The molecule has 0 aliphatic heterocycles. The van der Waals surface area contributed by atoms with Crippen LogP contribution in [0.2, 0.25) is 0 Å². The molecule has 0 bridgehead atoms. The highest BCUT2D eigenvalue weighted by Gasteiger charge is 2.08. The largest absolute Gasteiger partial charge is 0.491 e. The van der Waals surface area contributed by atoms with Gasteiger partial charge >= 0.3 is 0 Å². The van der Waals surface area contributed by atoms with E-state index in [1.165, 1.54) is 5.56 Å². The number of hydrogen-bond donors (Lipinski definition) is 2. The second kappa shape index (κ2) is 12.8. The van der Waals surface area contributed by atoms with Crippen molar-refractivity contribution in [3.63, 3.8) is 0 Å². The Labute approximate surface area is 187 Å². The SMILES string of the molecule is CN=C(NCCS(=O)c1ccccc1)NCc1ccc(C)cc1OC(C)C.I. The number of ether oxygens (including phenoxy) is 1. The molecule has 0 fully saturated rings. The molecule has 28 heavy (non-hydrogen) atoms. The Hall–Kier alpha value is -1.61. The van der Waals surface area contributed by atoms with Crippen LogP contribution in [0.1, 0.15) is 25.0 Å². The first-order chi connectivity index (χ1) is 13.0. The summed E-state index contributed by atoms with van der Waals surface area (Å²) in [6.07, 6.45) is 0.121. The Bertz CT molecular complexity index is 782. The van der Waals surface area contributed by atoms with Crippen LogP contribution in [-0.4, -0.2) is 35.6 Å². The average Bonchev–Trinajstić information content (AvgIpc) is 2.65. The average molecular weight is 515 g/mol. The summed E-state index contributed by atoms with van der Waals surface area (Å²) in [6.45, 7) is 7.27. The van der Waals surface area contributed by atoms with Crippen LogP contribution in [-0.2, 0) is 17.3 Å². The molecule has 0 saturated carbocycles. The van der Waals surface area contributed by atoms with Crippen molar-refractivity contribution in [3.8, 4) is 5.75 Å². The van der Waals surface area contributed by atoms with Crippen LogP contribution in [0.5, 0.6) is 5.75 Å². The van der Waals surface area contributed by atoms with Gasteiger partial charge in [-0.25, -0.2) is 0 Å². The molecule has 0 heterocycles. The van der Waals surface area contributed by atoms with Crippen molar-refractivity contribution < 1.29 is 8.95 Å². The summed E-state index contributed by atoms with van der Waals surface area (Å²) in [5.74, 6) is 2.09. The van der Waals surface area contributed by atoms with Gasteiger partial charge < -0.3 is 15.4 Å². The second-order valence-corrected chi connectivity index (χ2v) is 8.06. The molecule has 154 valence electrons. The van der Waals surface area contributed by atoms with E-state index in [9.17, 15) is 4.21 Å². The smallest absolute Gasteiger partial charge is 0.191 e. The summed E-state index contributed by atoms with van der Waals surface area (Å²) >= 11 is 0. The number of nitrogens with zero attached hydrogens (tertiary/aromatic N) is 1. The van der Waals surface area contributed by atoms with Gasteiger partial charge in [-0.05, 0) is 44.5 Å². The first-order valence-corrected chi connectivity index (χ1v) is 10.5. The molecule has 0 aliphatic carbocycles. The molecule has 0 radical (unpaired) electrons. The van der Waals surface area contributed by atoms with Crippen molar-refractivity contribution in [1.82, 2.24) is 10.6 Å². The van der Waals surface area contributed by atoms with Gasteiger partial charge in [-0.1, -0.05) is 30.3 Å². The predicted molar refractivity (Wildman–Crippen MR) is 128 cm³/mol. The topological polar surface area (TPSA) is 62.7 Å². The maximum absolute atomic E-state index is 12.3. The third kappa shape index (κ3) is 8.18. The zero-order chi connectivity index (χ0) is 19.6. The Morgan fingerprint density at radius 1 is 1.14 bits per heavy atom. The Morgan fingerprint density at radius 2 is 1.86 bits per heavy atom. The van der Waals surface area contributed by atoms with Crippen molar-refractivity contribution >= 4 is 40.7 Å². The van der Waals surface area contributed by atoms with Crippen molar-refractivity contribution in [2.45, 2.75) is 38.3 Å². The summed E-state index contributed by atoms with van der Waals surface area (Å²) in [5.41, 5.74) is 2.24. The van der Waals surface area contributed by atoms with Crippen molar-refractivity contribution in [2.75, 3.05) is 19.3 Å². The van der Waals surface area contributed by atoms with Crippen LogP contribution in [0.4, 0.5) is 0 Å². The van der Waals surface area contributed by atoms with Gasteiger partial charge in [0, 0.05) is 36.3 Å². The van der Waals surface area contributed by atoms with E-state index in [2.05, 4.69) is 40.7 Å². The van der Waals surface area contributed by atoms with Crippen LogP contribution < -0.4 is 15.4 Å². The first kappa shape index (κ1) is 24.4. The number of rotatable bonds is 8. The molecule has 5 nitrogen and oxygen atoms in total. The number of halogens is 1. The van der Waals surface area contributed by atoms with E-state index in [1.54, 1.807) is 7.05 Å². The van der Waals surface area contributed by atoms with Crippen LogP contribution in [0, 0.1) is 6.92 Å². The van der Waals surface area contributed by atoms with Crippen LogP contribution in [0.15, 0.2) is 58.4 Å². The van der Waals surface area contributed by atoms with Gasteiger partial charge in [0.1, 0.15) is 5.75 Å². The molecule has 2 N–H and O–H groups in total. The molecule has 0 amide bonds. The number of aliphatic imine (C=N–C) groups is 1. The van der Waals surface area contributed by atoms with Gasteiger partial charge in [-0.15, -0.1) is 24.0 Å². The number of benzene rings is 2. The lowest BCUT2D eigenvalue weighted by Gasteiger charge is -2.17. The highest BCUT2D eigenvalue weighted by Crippen LogP contribution is 2.21. The Kier molecular flexibility index (Phi) is 11.1. The minimum Gasteiger partial charge on any atom is -0.491 e. The lowest BCUT2D eigenvalue weighted by atomic mass is 10.1. The van der Waals surface area contributed by atoms with Crippen LogP contribution in [0.25, 0.3) is 0 Å². The summed E-state index contributed by atoms with van der Waals surface area (Å²) in [7, 11) is 0.706. The van der Waals surface area contributed by atoms with Crippen LogP contribution >= 0.6 is 24.0 Å². The molecule has 2 aromatic carbocycles. The maximum atomic E-state index is 12.3. The molecule has 0 saturated heterocycles. The highest BCUT2D eigenvalue weighted by molar-refractivity contribution is 14.0. The third-order valence-corrected chi connectivity index (χ3v) is 5.21. The van der Waals surface area contributed by atoms with Crippen molar-refractivity contribution in [3.05, 3.63) is 59.7 Å². The minimum absolute atomic E-state index is 0. The molecule has 1 unspecified atom stereocenters. The monoisotopic (exact) mass is 515 g/mol. The zero-order valence-electron chi connectivity index (χ0n) is 16.9. The number of aryl methyl sites for hydroxylation is 1. The number of hydrogen-bond acceptors (Lipinski definition) is 3. The Morgan fingerprint density at radius 3 is 2.50 bits per heavy atom. The van der Waals surface area contributed by atoms with Gasteiger partial charge in [-0.2, -0.15) is 0 Å². The fourth-order valence-corrected chi connectivity index (χ4v) is 3.51. The third-order valence-electron chi connectivity index (χ3n) is 3.84. The molecule has 7 heteroatoms. The lowest BCUT2D eigenvalue weighted by molar-refractivity contribution is 0.239. The fraction of sp³-hybridized carbons (Fsp3) is 0.381. The van der Waals surface area contributed by atoms with Gasteiger partial charge in [0.15, 0.2) is 5.96 Å². The first-order valence-electron chi connectivity index (χ1n) is 9.13. The summed E-state index contributed by atoms with van der Waals surface area (Å²) in [4.78, 5) is 5.08. The standard InChI is InChI=1S/C21H29N3O2S.HI/c1-16(2)26-20-14-17(3)10-11-18(20)15-24-21(22-4)23-12-13-27(25)19-8-6-5-7-9-19;/h5-11,14,16H,12-13,15H2,1-4H3,(H2,22,23,24);1H. The number of guanidine groups is 1. The van der Waals surface area contributed by atoms with E-state index < -0.39 is 10.8 Å². The van der Waals surface area contributed by atoms with E-state index in [0.717, 1.165) is 16.2 Å². The molecule has 2 aromatic rings. The van der Waals surface area contributed by atoms with Gasteiger partial charge in [-0.3, -0.25) is 9.20 Å². The maximum Gasteiger partial charge on any atom is 0.191 e. The molecule has 0 spiro atoms. The zero-order valence-corrected chi connectivity index (χ0v) is 20.0. The molecule has 1 atom stereocenters. The normalized spacial score (nSPS) is 12.2. The minimum atomic E-state index is -1.02. The van der Waals surface area contributed by atoms with E-state index in [1.807, 2.05) is 44.2 Å². The van der Waals surface area contributed by atoms with Crippen molar-refractivity contribution in [2.24, 2.45) is 4.99 Å². The molecular weight excluding hydrogens is 485 g/mol. The van der Waals surface area contributed by atoms with Crippen molar-refractivity contribution in [1.29, 1.82) is 0 Å². The predicted octanol–water partition coefficient (Wildman–Crippen LogP) is 3.87. The fourth-order valence-electron chi connectivity index (χ4n) is 2.52. The van der Waals surface area contributed by atoms with E-state index >= 15 is 0 Å². The highest BCUT2D eigenvalue weighted by atomic mass is 127. The van der Waals surface area contributed by atoms with Gasteiger partial charge in [0.2, 0.25) is 0 Å². The quantitative estimate of drug-likeness (QED) is 0.319. The summed E-state index contributed by atoms with van der Waals surface area (Å²) in [5, 5.41) is 6.51. The summed E-state index contributed by atoms with van der Waals surface area (Å²) < 4.78 is 18.2.